The van der Waals surface area contributed by atoms with Gasteiger partial charge in [0.05, 0.1) is 5.97 Å². The van der Waals surface area contributed by atoms with Crippen molar-refractivity contribution < 1.29 is 9.90 Å². The van der Waals surface area contributed by atoms with Crippen LogP contribution in [0.5, 0.6) is 0 Å². The van der Waals surface area contributed by atoms with Gasteiger partial charge in [0, 0.05) is 17.3 Å². The van der Waals surface area contributed by atoms with Crippen LogP contribution in [0.25, 0.3) is 0 Å². The minimum absolute atomic E-state index is 0. The minimum Gasteiger partial charge on any atom is -0.545 e. The molecule has 0 spiro atoms. The van der Waals surface area contributed by atoms with Crippen molar-refractivity contribution in [3.63, 3.8) is 0 Å². The Balaban J connectivity index is 0.00000180. The number of hydrogen-bond donors (Lipinski definition) is 2. The zero-order valence-electron chi connectivity index (χ0n) is 10.9. The minimum atomic E-state index is -1.14. The third kappa shape index (κ3) is 4.11. The molecule has 19 heavy (non-hydrogen) atoms. The number of benzene rings is 1. The molecule has 1 aromatic carbocycles. The number of carboxylic acids is 1. The van der Waals surface area contributed by atoms with Crippen LogP contribution < -0.4 is 16.2 Å². The first-order valence-corrected chi connectivity index (χ1v) is 6.50. The van der Waals surface area contributed by atoms with E-state index in [2.05, 4.69) is 5.32 Å². The van der Waals surface area contributed by atoms with E-state index in [1.54, 1.807) is 18.2 Å². The summed E-state index contributed by atoms with van der Waals surface area (Å²) in [6, 6.07) is 5.45. The van der Waals surface area contributed by atoms with Gasteiger partial charge in [-0.2, -0.15) is 0 Å². The summed E-state index contributed by atoms with van der Waals surface area (Å²) in [4.78, 5) is 11.0. The van der Waals surface area contributed by atoms with E-state index in [-0.39, 0.29) is 18.0 Å². The molecule has 1 aliphatic rings. The van der Waals surface area contributed by atoms with Crippen molar-refractivity contribution in [1.82, 2.24) is 5.32 Å². The fraction of sp³-hybridized carbons (Fsp3) is 0.500. The molecule has 3 N–H and O–H groups in total. The van der Waals surface area contributed by atoms with Crippen LogP contribution in [0.4, 0.5) is 5.69 Å². The fourth-order valence-corrected chi connectivity index (χ4v) is 2.56. The highest BCUT2D eigenvalue weighted by atomic mass is 35.5. The van der Waals surface area contributed by atoms with Crippen LogP contribution >= 0.6 is 12.4 Å². The fourth-order valence-electron chi connectivity index (χ4n) is 2.56. The van der Waals surface area contributed by atoms with E-state index < -0.39 is 5.97 Å². The number of carboxylic acid groups (broad SMARTS) is 1. The van der Waals surface area contributed by atoms with Crippen LogP contribution in [-0.2, 0) is 6.42 Å². The number of halogens is 1. The topological polar surface area (TPSA) is 78.2 Å². The lowest BCUT2D eigenvalue weighted by atomic mass is 9.95. The molecule has 0 bridgehead atoms. The van der Waals surface area contributed by atoms with Crippen LogP contribution in [0, 0.1) is 0 Å². The predicted octanol–water partition coefficient (Wildman–Crippen LogP) is 1.13. The number of nitrogens with one attached hydrogen (secondary N) is 1. The molecular weight excluding hydrogens is 264 g/mol. The SMILES string of the molecule is Cl.Nc1cccc(C(=O)[O-])c1CCC1CCCCN1. The largest absolute Gasteiger partial charge is 0.545 e. The van der Waals surface area contributed by atoms with E-state index in [1.165, 1.54) is 12.8 Å². The van der Waals surface area contributed by atoms with Gasteiger partial charge in [0.25, 0.3) is 0 Å². The Bertz CT molecular complexity index is 431. The van der Waals surface area contributed by atoms with E-state index >= 15 is 0 Å². The Morgan fingerprint density at radius 3 is 2.84 bits per heavy atom. The van der Waals surface area contributed by atoms with E-state index in [4.69, 9.17) is 5.73 Å². The molecule has 0 aliphatic carbocycles. The Kier molecular flexibility index (Phi) is 6.12. The third-order valence-corrected chi connectivity index (χ3v) is 3.59. The third-order valence-electron chi connectivity index (χ3n) is 3.59. The van der Waals surface area contributed by atoms with E-state index in [0.29, 0.717) is 23.7 Å². The lowest BCUT2D eigenvalue weighted by Crippen LogP contribution is -2.34. The van der Waals surface area contributed by atoms with Crippen LogP contribution in [0.1, 0.15) is 41.6 Å². The zero-order valence-corrected chi connectivity index (χ0v) is 11.7. The molecule has 1 heterocycles. The maximum atomic E-state index is 11.0. The van der Waals surface area contributed by atoms with E-state index in [1.807, 2.05) is 0 Å². The van der Waals surface area contributed by atoms with Gasteiger partial charge in [-0.25, -0.2) is 0 Å². The molecule has 1 atom stereocenters. The van der Waals surface area contributed by atoms with Crippen molar-refractivity contribution in [3.05, 3.63) is 29.3 Å². The summed E-state index contributed by atoms with van der Waals surface area (Å²) in [6.07, 6.45) is 5.25. The molecule has 0 radical (unpaired) electrons. The highest BCUT2D eigenvalue weighted by molar-refractivity contribution is 5.89. The Morgan fingerprint density at radius 2 is 2.21 bits per heavy atom. The maximum absolute atomic E-state index is 11.0. The molecule has 0 saturated carbocycles. The van der Waals surface area contributed by atoms with Gasteiger partial charge >= 0.3 is 0 Å². The second-order valence-corrected chi connectivity index (χ2v) is 4.85. The van der Waals surface area contributed by atoms with Crippen molar-refractivity contribution >= 4 is 24.1 Å². The van der Waals surface area contributed by atoms with Crippen molar-refractivity contribution in [2.75, 3.05) is 12.3 Å². The number of aromatic carboxylic acids is 1. The van der Waals surface area contributed by atoms with Gasteiger partial charge in [-0.1, -0.05) is 18.6 Å². The molecule has 1 aromatic rings. The van der Waals surface area contributed by atoms with Gasteiger partial charge in [0.15, 0.2) is 0 Å². The summed E-state index contributed by atoms with van der Waals surface area (Å²) < 4.78 is 0. The van der Waals surface area contributed by atoms with Crippen molar-refractivity contribution in [3.8, 4) is 0 Å². The van der Waals surface area contributed by atoms with Gasteiger partial charge in [0.1, 0.15) is 0 Å². The molecule has 1 fully saturated rings. The quantitative estimate of drug-likeness (QED) is 0.812. The number of nitrogen functional groups attached to an aromatic ring is 1. The monoisotopic (exact) mass is 283 g/mol. The molecule has 1 unspecified atom stereocenters. The van der Waals surface area contributed by atoms with E-state index in [9.17, 15) is 9.90 Å². The summed E-state index contributed by atoms with van der Waals surface area (Å²) in [5.74, 6) is -1.14. The maximum Gasteiger partial charge on any atom is 0.0718 e. The molecule has 2 rings (SSSR count). The van der Waals surface area contributed by atoms with Crippen LogP contribution in [-0.4, -0.2) is 18.6 Å². The van der Waals surface area contributed by atoms with Crippen LogP contribution in [0.3, 0.4) is 0 Å². The van der Waals surface area contributed by atoms with E-state index in [0.717, 1.165) is 19.4 Å². The standard InChI is InChI=1S/C14H20N2O2.ClH/c15-13-6-3-5-12(14(17)18)11(13)8-7-10-4-1-2-9-16-10;/h3,5-6,10,16H,1-2,4,7-9,15H2,(H,17,18);1H/p-1. The number of hydrogen-bond acceptors (Lipinski definition) is 4. The number of piperidine rings is 1. The van der Waals surface area contributed by atoms with Crippen molar-refractivity contribution in [2.24, 2.45) is 0 Å². The number of carbonyl (C=O) groups is 1. The first-order valence-electron chi connectivity index (χ1n) is 6.50. The molecule has 1 aliphatic heterocycles. The molecule has 0 aromatic heterocycles. The van der Waals surface area contributed by atoms with Crippen LogP contribution in [0.2, 0.25) is 0 Å². The lowest BCUT2D eigenvalue weighted by Gasteiger charge is -2.24. The molecule has 106 valence electrons. The smallest absolute Gasteiger partial charge is 0.0718 e. The molecular formula is C14H20ClN2O2-. The zero-order chi connectivity index (χ0) is 13.0. The Labute approximate surface area is 119 Å². The normalized spacial score (nSPS) is 18.6. The van der Waals surface area contributed by atoms with Gasteiger partial charge in [-0.05, 0) is 43.9 Å². The van der Waals surface area contributed by atoms with Crippen molar-refractivity contribution in [2.45, 2.75) is 38.1 Å². The van der Waals surface area contributed by atoms with Crippen LogP contribution in [0.15, 0.2) is 18.2 Å². The van der Waals surface area contributed by atoms with Crippen molar-refractivity contribution in [1.29, 1.82) is 0 Å². The molecule has 1 saturated heterocycles. The Morgan fingerprint density at radius 1 is 1.42 bits per heavy atom. The number of anilines is 1. The second kappa shape index (κ2) is 7.36. The molecule has 0 amide bonds. The number of rotatable bonds is 4. The number of nitrogens with two attached hydrogens (primary N) is 1. The summed E-state index contributed by atoms with van der Waals surface area (Å²) in [6.45, 7) is 1.06. The van der Waals surface area contributed by atoms with Gasteiger partial charge in [-0.15, -0.1) is 12.4 Å². The summed E-state index contributed by atoms with van der Waals surface area (Å²) in [5, 5.41) is 14.5. The predicted molar refractivity (Wildman–Crippen MR) is 76.4 cm³/mol. The first kappa shape index (κ1) is 15.8. The highest BCUT2D eigenvalue weighted by Gasteiger charge is 2.14. The summed E-state index contributed by atoms with van der Waals surface area (Å²) in [7, 11) is 0. The second-order valence-electron chi connectivity index (χ2n) is 4.85. The van der Waals surface area contributed by atoms with Gasteiger partial charge in [-0.3, -0.25) is 0 Å². The molecule has 4 nitrogen and oxygen atoms in total. The first-order chi connectivity index (χ1) is 8.68. The highest BCUT2D eigenvalue weighted by Crippen LogP contribution is 2.21. The summed E-state index contributed by atoms with van der Waals surface area (Å²) >= 11 is 0. The molecule has 5 heteroatoms. The summed E-state index contributed by atoms with van der Waals surface area (Å²) in [5.41, 5.74) is 7.35. The van der Waals surface area contributed by atoms with Gasteiger partial charge in [0.2, 0.25) is 0 Å². The Hall–Kier alpha value is -1.26. The average Bonchev–Trinajstić information content (AvgIpc) is 2.38. The van der Waals surface area contributed by atoms with Gasteiger partial charge < -0.3 is 21.0 Å². The number of carbonyl (C=O) groups excluding carboxylic acids is 1. The lowest BCUT2D eigenvalue weighted by molar-refractivity contribution is -0.255. The average molecular weight is 284 g/mol.